The topological polar surface area (TPSA) is 22.2 Å². The van der Waals surface area contributed by atoms with Crippen molar-refractivity contribution in [1.82, 2.24) is 14.2 Å². The quantitative estimate of drug-likeness (QED) is 0.197. The van der Waals surface area contributed by atoms with E-state index in [1.54, 1.807) is 22.7 Å². The molecule has 2 aromatic carbocycles. The third-order valence-corrected chi connectivity index (χ3v) is 7.31. The van der Waals surface area contributed by atoms with Gasteiger partial charge in [-0.05, 0) is 34.1 Å². The van der Waals surface area contributed by atoms with E-state index in [0.29, 0.717) is 0 Å². The van der Waals surface area contributed by atoms with E-state index >= 15 is 0 Å². The van der Waals surface area contributed by atoms with Crippen molar-refractivity contribution in [3.8, 4) is 5.00 Å². The second-order valence-corrected chi connectivity index (χ2v) is 8.61. The molecule has 7 aromatic rings. The number of aromatic nitrogens is 3. The first kappa shape index (κ1) is 17.4. The van der Waals surface area contributed by atoms with Gasteiger partial charge in [0.1, 0.15) is 0 Å². The van der Waals surface area contributed by atoms with Crippen LogP contribution < -0.4 is 0 Å². The largest absolute Gasteiger partial charge is 0.365 e. The van der Waals surface area contributed by atoms with Crippen LogP contribution in [-0.4, -0.2) is 14.2 Å². The first-order valence-corrected chi connectivity index (χ1v) is 10.8. The molecule has 7 rings (SSSR count). The second kappa shape index (κ2) is 6.27. The minimum atomic E-state index is 0. The number of para-hydroxylation sites is 2. The molecule has 0 amide bonds. The minimum absolute atomic E-state index is 0. The summed E-state index contributed by atoms with van der Waals surface area (Å²) in [6, 6.07) is 21.6. The van der Waals surface area contributed by atoms with E-state index in [2.05, 4.69) is 81.1 Å². The molecule has 6 heteroatoms. The van der Waals surface area contributed by atoms with E-state index in [1.165, 1.54) is 42.3 Å². The predicted molar refractivity (Wildman–Crippen MR) is 119 cm³/mol. The van der Waals surface area contributed by atoms with E-state index in [4.69, 9.17) is 0 Å². The first-order chi connectivity index (χ1) is 13.9. The van der Waals surface area contributed by atoms with Crippen molar-refractivity contribution in [1.29, 1.82) is 0 Å². The van der Waals surface area contributed by atoms with Crippen molar-refractivity contribution < 1.29 is 21.1 Å². The molecule has 0 saturated heterocycles. The van der Waals surface area contributed by atoms with Crippen LogP contribution in [0.25, 0.3) is 53.3 Å². The van der Waals surface area contributed by atoms with E-state index in [0.717, 1.165) is 11.0 Å². The van der Waals surface area contributed by atoms with E-state index in [1.807, 2.05) is 10.7 Å². The molecule has 5 aromatic heterocycles. The molecule has 0 spiro atoms. The van der Waals surface area contributed by atoms with Gasteiger partial charge in [0.15, 0.2) is 0 Å². The summed E-state index contributed by atoms with van der Waals surface area (Å²) in [7, 11) is 0. The number of benzene rings is 2. The molecule has 142 valence electrons. The van der Waals surface area contributed by atoms with Gasteiger partial charge in [-0.1, -0.05) is 53.2 Å². The van der Waals surface area contributed by atoms with Crippen LogP contribution in [0, 0.1) is 5.38 Å². The van der Waals surface area contributed by atoms with Gasteiger partial charge in [0.25, 0.3) is 0 Å². The standard InChI is InChI=1S/C23H12N3S2.Pt/c1-3-7-17-14(5-1)15-6-2-4-8-18(15)25(17)23-21-16-10-12-27-22(16)19-9-11-24-26(19)20(21)13-28-23;/h1-12H;/q-1;. The summed E-state index contributed by atoms with van der Waals surface area (Å²) in [6.07, 6.45) is 1.87. The summed E-state index contributed by atoms with van der Waals surface area (Å²) in [5.74, 6) is 0. The molecule has 3 nitrogen and oxygen atoms in total. The Balaban J connectivity index is 0.00000165. The van der Waals surface area contributed by atoms with Crippen LogP contribution in [0.15, 0.2) is 72.2 Å². The number of hydrogen-bond donors (Lipinski definition) is 0. The molecule has 0 unspecified atom stereocenters. The van der Waals surface area contributed by atoms with Gasteiger partial charge in [-0.15, -0.1) is 16.7 Å². The van der Waals surface area contributed by atoms with Crippen LogP contribution in [0.2, 0.25) is 0 Å². The molecule has 0 N–H and O–H groups in total. The van der Waals surface area contributed by atoms with Crippen molar-refractivity contribution in [2.75, 3.05) is 0 Å². The summed E-state index contributed by atoms with van der Waals surface area (Å²) >= 11 is 3.44. The molecule has 29 heavy (non-hydrogen) atoms. The molecule has 0 radical (unpaired) electrons. The Kier molecular flexibility index (Phi) is 3.76. The van der Waals surface area contributed by atoms with Crippen LogP contribution in [0.1, 0.15) is 0 Å². The molecule has 0 fully saturated rings. The maximum absolute atomic E-state index is 4.59. The maximum atomic E-state index is 4.59. The third-order valence-electron chi connectivity index (χ3n) is 5.50. The smallest absolute Gasteiger partial charge is 0.0810 e. The van der Waals surface area contributed by atoms with Crippen LogP contribution in [0.3, 0.4) is 0 Å². The Morgan fingerprint density at radius 2 is 1.52 bits per heavy atom. The molecular formula is C23H12N3PtS2-. The van der Waals surface area contributed by atoms with Crippen molar-refractivity contribution in [2.45, 2.75) is 0 Å². The van der Waals surface area contributed by atoms with Gasteiger partial charge in [-0.3, -0.25) is 15.9 Å². The van der Waals surface area contributed by atoms with E-state index in [9.17, 15) is 0 Å². The predicted octanol–water partition coefficient (Wildman–Crippen LogP) is 6.66. The zero-order chi connectivity index (χ0) is 18.2. The van der Waals surface area contributed by atoms with Crippen LogP contribution >= 0.6 is 22.7 Å². The number of hydrogen-bond acceptors (Lipinski definition) is 3. The van der Waals surface area contributed by atoms with Gasteiger partial charge in [-0.2, -0.15) is 5.10 Å². The Labute approximate surface area is 188 Å². The molecule has 0 bridgehead atoms. The van der Waals surface area contributed by atoms with Gasteiger partial charge in [0, 0.05) is 53.8 Å². The summed E-state index contributed by atoms with van der Waals surface area (Å²) in [6.45, 7) is 0. The Hall–Kier alpha value is -2.46. The molecule has 0 atom stereocenters. The number of thiophene rings is 2. The van der Waals surface area contributed by atoms with Gasteiger partial charge >= 0.3 is 0 Å². The second-order valence-electron chi connectivity index (χ2n) is 6.89. The monoisotopic (exact) mass is 589 g/mol. The molecule has 0 aliphatic heterocycles. The van der Waals surface area contributed by atoms with Gasteiger partial charge in [0.2, 0.25) is 0 Å². The summed E-state index contributed by atoms with van der Waals surface area (Å²) in [5, 5.41) is 16.6. The third kappa shape index (κ3) is 2.18. The normalized spacial score (nSPS) is 11.9. The number of nitrogens with zero attached hydrogens (tertiary/aromatic N) is 3. The van der Waals surface area contributed by atoms with Crippen LogP contribution in [0.4, 0.5) is 0 Å². The van der Waals surface area contributed by atoms with E-state index in [-0.39, 0.29) is 21.1 Å². The number of rotatable bonds is 1. The fourth-order valence-corrected chi connectivity index (χ4v) is 6.24. The summed E-state index contributed by atoms with van der Waals surface area (Å²) in [5.41, 5.74) is 4.66. The summed E-state index contributed by atoms with van der Waals surface area (Å²) < 4.78 is 5.70. The van der Waals surface area contributed by atoms with Crippen LogP contribution in [-0.2, 0) is 21.1 Å². The van der Waals surface area contributed by atoms with Crippen molar-refractivity contribution in [3.05, 3.63) is 77.6 Å². The van der Waals surface area contributed by atoms with Gasteiger partial charge in [0.05, 0.1) is 5.52 Å². The number of pyridine rings is 1. The van der Waals surface area contributed by atoms with Crippen molar-refractivity contribution in [2.24, 2.45) is 0 Å². The Morgan fingerprint density at radius 3 is 2.28 bits per heavy atom. The molecule has 5 heterocycles. The zero-order valence-electron chi connectivity index (χ0n) is 14.9. The summed E-state index contributed by atoms with van der Waals surface area (Å²) in [4.78, 5) is 0. The molecule has 0 aliphatic rings. The minimum Gasteiger partial charge on any atom is -0.365 e. The molecule has 0 aliphatic carbocycles. The first-order valence-electron chi connectivity index (χ1n) is 9.07. The van der Waals surface area contributed by atoms with Crippen molar-refractivity contribution >= 4 is 71.0 Å². The fourth-order valence-electron chi connectivity index (χ4n) is 4.35. The Bertz CT molecular complexity index is 1600. The Morgan fingerprint density at radius 1 is 0.793 bits per heavy atom. The van der Waals surface area contributed by atoms with Gasteiger partial charge < -0.3 is 4.57 Å². The average molecular weight is 590 g/mol. The zero-order valence-corrected chi connectivity index (χ0v) is 18.8. The molecule has 0 saturated carbocycles. The maximum Gasteiger partial charge on any atom is 0.0810 e. The van der Waals surface area contributed by atoms with E-state index < -0.39 is 0 Å². The van der Waals surface area contributed by atoms with Crippen molar-refractivity contribution in [3.63, 3.8) is 0 Å². The fraction of sp³-hybridized carbons (Fsp3) is 0. The SMILES string of the molecule is [Pt].[c-]1sc(-n2c3ccccc3c3ccccc32)c2c3ccsc3c3ccnn3c12. The van der Waals surface area contributed by atoms with Crippen LogP contribution in [0.5, 0.6) is 0 Å². The average Bonchev–Trinajstić information content (AvgIpc) is 3.49. The molecular weight excluding hydrogens is 577 g/mol. The van der Waals surface area contributed by atoms with Gasteiger partial charge in [-0.25, -0.2) is 0 Å². The number of fused-ring (bicyclic) bond motifs is 9.